The highest BCUT2D eigenvalue weighted by molar-refractivity contribution is 6.31. The number of amides is 1. The third-order valence-corrected chi connectivity index (χ3v) is 3.90. The summed E-state index contributed by atoms with van der Waals surface area (Å²) in [7, 11) is 0. The number of rotatable bonds is 3. The van der Waals surface area contributed by atoms with E-state index in [-0.39, 0.29) is 52.1 Å². The zero-order valence-electron chi connectivity index (χ0n) is 16.9. The Morgan fingerprint density at radius 3 is 1.94 bits per heavy atom. The van der Waals surface area contributed by atoms with Gasteiger partial charge in [0.1, 0.15) is 17.2 Å². The molecule has 0 aliphatic rings. The van der Waals surface area contributed by atoms with Gasteiger partial charge in [0, 0.05) is 6.07 Å². The molecular weight excluding hydrogens is 473 g/mol. The van der Waals surface area contributed by atoms with E-state index in [0.717, 1.165) is 5.56 Å². The fourth-order valence-electron chi connectivity index (χ4n) is 2.26. The molecule has 1 heterocycles. The molecule has 11 nitrogen and oxygen atoms in total. The van der Waals surface area contributed by atoms with Gasteiger partial charge >= 0.3 is 5.91 Å². The van der Waals surface area contributed by atoms with Crippen LogP contribution in [-0.4, -0.2) is 37.2 Å². The Labute approximate surface area is 199 Å². The Bertz CT molecular complexity index is 1160. The van der Waals surface area contributed by atoms with Crippen molar-refractivity contribution in [3.63, 3.8) is 0 Å². The molecule has 0 atom stereocenters. The van der Waals surface area contributed by atoms with Crippen molar-refractivity contribution in [2.75, 3.05) is 11.5 Å². The second-order valence-electron chi connectivity index (χ2n) is 6.18. The molecule has 13 heteroatoms. The number of nitrogen functional groups attached to an aromatic ring is 2. The number of hydrogen-bond acceptors (Lipinski definition) is 8. The second-order valence-corrected chi connectivity index (χ2v) is 6.54. The SMILES string of the molecule is Cl.NC(N)=NC(=O)c1nc(Cl)c(N)nc1N.Oc1ccc(C=Cc2cc(O)cc(O)c2)cc1. The second kappa shape index (κ2) is 12.0. The van der Waals surface area contributed by atoms with Crippen LogP contribution in [0, 0.1) is 0 Å². The predicted molar refractivity (Wildman–Crippen MR) is 130 cm³/mol. The number of phenolic OH excluding ortho intramolecular Hbond substituents is 3. The van der Waals surface area contributed by atoms with E-state index in [2.05, 4.69) is 15.0 Å². The van der Waals surface area contributed by atoms with E-state index in [4.69, 9.17) is 39.6 Å². The summed E-state index contributed by atoms with van der Waals surface area (Å²) in [6.07, 6.45) is 3.60. The van der Waals surface area contributed by atoms with Crippen LogP contribution < -0.4 is 22.9 Å². The fourth-order valence-corrected chi connectivity index (χ4v) is 2.39. The molecule has 174 valence electrons. The van der Waals surface area contributed by atoms with Crippen molar-refractivity contribution in [3.8, 4) is 17.2 Å². The molecule has 0 spiro atoms. The summed E-state index contributed by atoms with van der Waals surface area (Å²) in [6, 6.07) is 11.1. The van der Waals surface area contributed by atoms with Crippen molar-refractivity contribution in [1.29, 1.82) is 0 Å². The number of aromatic hydroxyl groups is 3. The maximum atomic E-state index is 11.3. The van der Waals surface area contributed by atoms with Gasteiger partial charge in [-0.3, -0.25) is 4.79 Å². The predicted octanol–water partition coefficient (Wildman–Crippen LogP) is 2.10. The van der Waals surface area contributed by atoms with Crippen LogP contribution >= 0.6 is 24.0 Å². The van der Waals surface area contributed by atoms with E-state index in [1.807, 2.05) is 6.08 Å². The van der Waals surface area contributed by atoms with Crippen LogP contribution in [0.5, 0.6) is 17.2 Å². The molecule has 11 N–H and O–H groups in total. The van der Waals surface area contributed by atoms with E-state index in [9.17, 15) is 15.0 Å². The molecule has 3 rings (SSSR count). The number of hydrogen-bond donors (Lipinski definition) is 7. The summed E-state index contributed by atoms with van der Waals surface area (Å²) in [6.45, 7) is 0. The topological polar surface area (TPSA) is 220 Å². The number of halogens is 2. The Kier molecular flexibility index (Phi) is 9.73. The first-order chi connectivity index (χ1) is 15.0. The maximum Gasteiger partial charge on any atom is 0.302 e. The maximum absolute atomic E-state index is 11.3. The summed E-state index contributed by atoms with van der Waals surface area (Å²) >= 11 is 5.55. The minimum atomic E-state index is -0.832. The third kappa shape index (κ3) is 8.44. The summed E-state index contributed by atoms with van der Waals surface area (Å²) in [4.78, 5) is 21.7. The lowest BCUT2D eigenvalue weighted by atomic mass is 10.1. The van der Waals surface area contributed by atoms with Crippen molar-refractivity contribution >= 4 is 59.7 Å². The monoisotopic (exact) mass is 493 g/mol. The van der Waals surface area contributed by atoms with Gasteiger partial charge in [-0.1, -0.05) is 35.9 Å². The molecule has 0 aliphatic heterocycles. The Balaban J connectivity index is 0.000000323. The van der Waals surface area contributed by atoms with Crippen molar-refractivity contribution < 1.29 is 20.1 Å². The normalized spacial score (nSPS) is 9.97. The first-order valence-corrected chi connectivity index (χ1v) is 9.15. The minimum absolute atomic E-state index is 0. The van der Waals surface area contributed by atoms with Gasteiger partial charge in [0.2, 0.25) is 0 Å². The van der Waals surface area contributed by atoms with E-state index in [0.29, 0.717) is 5.56 Å². The van der Waals surface area contributed by atoms with Crippen LogP contribution in [-0.2, 0) is 0 Å². The molecule has 2 aromatic carbocycles. The first kappa shape index (κ1) is 26.8. The van der Waals surface area contributed by atoms with E-state index >= 15 is 0 Å². The van der Waals surface area contributed by atoms with Gasteiger partial charge in [-0.05, 0) is 35.4 Å². The molecule has 0 fully saturated rings. The molecule has 0 saturated heterocycles. The molecular formula is C20H21Cl2N7O4. The molecule has 33 heavy (non-hydrogen) atoms. The number of anilines is 2. The van der Waals surface area contributed by atoms with Gasteiger partial charge in [0.05, 0.1) is 0 Å². The number of aliphatic imine (C=N–C) groups is 1. The summed E-state index contributed by atoms with van der Waals surface area (Å²) in [5, 5.41) is 27.6. The highest BCUT2D eigenvalue weighted by Crippen LogP contribution is 2.22. The molecule has 0 aliphatic carbocycles. The minimum Gasteiger partial charge on any atom is -0.508 e. The molecule has 1 amide bonds. The number of guanidine groups is 1. The summed E-state index contributed by atoms with van der Waals surface area (Å²) in [5.41, 5.74) is 22.1. The van der Waals surface area contributed by atoms with Crippen molar-refractivity contribution in [3.05, 3.63) is 64.4 Å². The Morgan fingerprint density at radius 2 is 1.39 bits per heavy atom. The highest BCUT2D eigenvalue weighted by atomic mass is 35.5. The summed E-state index contributed by atoms with van der Waals surface area (Å²) < 4.78 is 0. The van der Waals surface area contributed by atoms with Crippen LogP contribution in [0.4, 0.5) is 11.6 Å². The van der Waals surface area contributed by atoms with Gasteiger partial charge in [-0.2, -0.15) is 4.99 Å². The molecule has 0 radical (unpaired) electrons. The smallest absolute Gasteiger partial charge is 0.302 e. The molecule has 0 saturated carbocycles. The lowest BCUT2D eigenvalue weighted by Gasteiger charge is -2.02. The van der Waals surface area contributed by atoms with Crippen LogP contribution in [0.2, 0.25) is 5.15 Å². The quantitative estimate of drug-likeness (QED) is 0.160. The highest BCUT2D eigenvalue weighted by Gasteiger charge is 2.15. The molecule has 3 aromatic rings. The largest absolute Gasteiger partial charge is 0.508 e. The summed E-state index contributed by atoms with van der Waals surface area (Å²) in [5.74, 6) is -1.23. The third-order valence-electron chi connectivity index (χ3n) is 3.62. The lowest BCUT2D eigenvalue weighted by molar-refractivity contribution is 0.0998. The van der Waals surface area contributed by atoms with Crippen molar-refractivity contribution in [2.24, 2.45) is 16.5 Å². The first-order valence-electron chi connectivity index (χ1n) is 8.77. The number of phenols is 3. The van der Waals surface area contributed by atoms with E-state index in [1.54, 1.807) is 42.5 Å². The number of benzene rings is 2. The van der Waals surface area contributed by atoms with E-state index < -0.39 is 11.9 Å². The molecule has 1 aromatic heterocycles. The Hall–Kier alpha value is -4.22. The lowest BCUT2D eigenvalue weighted by Crippen LogP contribution is -2.24. The molecule has 0 bridgehead atoms. The van der Waals surface area contributed by atoms with Crippen molar-refractivity contribution in [1.82, 2.24) is 9.97 Å². The van der Waals surface area contributed by atoms with Gasteiger partial charge in [0.25, 0.3) is 0 Å². The van der Waals surface area contributed by atoms with Crippen LogP contribution in [0.25, 0.3) is 12.2 Å². The number of nitrogens with two attached hydrogens (primary N) is 4. The average Bonchev–Trinajstić information content (AvgIpc) is 2.69. The van der Waals surface area contributed by atoms with Crippen LogP contribution in [0.3, 0.4) is 0 Å². The fraction of sp³-hybridized carbons (Fsp3) is 0. The zero-order chi connectivity index (χ0) is 23.8. The average molecular weight is 494 g/mol. The number of aromatic nitrogens is 2. The number of carbonyl (C=O) groups is 1. The van der Waals surface area contributed by atoms with Gasteiger partial charge < -0.3 is 38.3 Å². The number of carbonyl (C=O) groups excluding carboxylic acids is 1. The van der Waals surface area contributed by atoms with Crippen molar-refractivity contribution in [2.45, 2.75) is 0 Å². The Morgan fingerprint density at radius 1 is 0.848 bits per heavy atom. The van der Waals surface area contributed by atoms with Gasteiger partial charge in [-0.25, -0.2) is 9.97 Å². The van der Waals surface area contributed by atoms with E-state index in [1.165, 1.54) is 6.07 Å². The van der Waals surface area contributed by atoms with Gasteiger partial charge in [-0.15, -0.1) is 12.4 Å². The molecule has 0 unspecified atom stereocenters. The van der Waals surface area contributed by atoms with Crippen LogP contribution in [0.15, 0.2) is 47.5 Å². The standard InChI is InChI=1S/C14H12O3.C6H8ClN7O.ClH/c15-12-5-3-10(4-6-12)1-2-11-7-13(16)9-14(17)8-11;7-2-4(9)13-3(8)1(12-2)5(15)14-6(10)11;/h1-9,15-17H;(H4,8,9,13)(H4,10,11,14,15);1H. The van der Waals surface area contributed by atoms with Crippen LogP contribution in [0.1, 0.15) is 21.6 Å². The zero-order valence-corrected chi connectivity index (χ0v) is 18.5. The number of nitrogens with zero attached hydrogens (tertiary/aromatic N) is 3. The van der Waals surface area contributed by atoms with Gasteiger partial charge in [0.15, 0.2) is 28.4 Å².